The van der Waals surface area contributed by atoms with E-state index in [0.717, 1.165) is 32.0 Å². The van der Waals surface area contributed by atoms with Crippen LogP contribution in [0.3, 0.4) is 0 Å². The molecule has 0 spiro atoms. The number of ether oxygens (including phenoxy) is 2. The van der Waals surface area contributed by atoms with Crippen LogP contribution < -0.4 is 10.5 Å². The summed E-state index contributed by atoms with van der Waals surface area (Å²) in [6, 6.07) is 8.46. The Kier molecular flexibility index (Phi) is 3.46. The Balaban J connectivity index is 1.37. The zero-order chi connectivity index (χ0) is 16.9. The molecule has 2 aliphatic heterocycles. The zero-order valence-electron chi connectivity index (χ0n) is 14.1. The fraction of sp³-hybridized carbons (Fsp3) is 0.556. The molecule has 0 unspecified atom stereocenters. The second kappa shape index (κ2) is 5.71. The Morgan fingerprint density at radius 3 is 2.96 bits per heavy atom. The molecule has 1 aliphatic carbocycles. The number of hydrogen-bond donors (Lipinski definition) is 1. The topological polar surface area (TPSA) is 86.6 Å². The maximum Gasteiger partial charge on any atom is 0.312 e. The quantitative estimate of drug-likeness (QED) is 0.883. The van der Waals surface area contributed by atoms with Crippen molar-refractivity contribution in [1.29, 1.82) is 0 Å². The van der Waals surface area contributed by atoms with E-state index in [4.69, 9.17) is 19.6 Å². The number of hydrogen-bond acceptors (Lipinski definition) is 7. The van der Waals surface area contributed by atoms with Gasteiger partial charge in [-0.25, -0.2) is 0 Å². The third-order valence-corrected chi connectivity index (χ3v) is 5.50. The van der Waals surface area contributed by atoms with Crippen molar-refractivity contribution in [2.45, 2.75) is 30.9 Å². The minimum absolute atomic E-state index is 0.122. The molecule has 2 saturated heterocycles. The first-order valence-electron chi connectivity index (χ1n) is 8.87. The van der Waals surface area contributed by atoms with Crippen molar-refractivity contribution in [3.05, 3.63) is 35.7 Å². The third-order valence-electron chi connectivity index (χ3n) is 5.50. The molecule has 2 atom stereocenters. The molecular formula is C18H22N4O3. The molecule has 25 heavy (non-hydrogen) atoms. The minimum atomic E-state index is -0.239. The molecule has 2 N–H and O–H groups in total. The molecule has 1 aromatic carbocycles. The van der Waals surface area contributed by atoms with Gasteiger partial charge in [0.05, 0.1) is 24.7 Å². The van der Waals surface area contributed by atoms with Crippen molar-refractivity contribution in [3.8, 4) is 5.75 Å². The third kappa shape index (κ3) is 2.67. The number of nitrogen functional groups attached to an aromatic ring is 1. The van der Waals surface area contributed by atoms with Gasteiger partial charge in [0.25, 0.3) is 0 Å². The van der Waals surface area contributed by atoms with Crippen LogP contribution in [0, 0.1) is 5.92 Å². The van der Waals surface area contributed by atoms with Gasteiger partial charge in [-0.3, -0.25) is 4.90 Å². The normalized spacial score (nSPS) is 29.0. The first kappa shape index (κ1) is 15.2. The van der Waals surface area contributed by atoms with Crippen LogP contribution in [0.15, 0.2) is 28.7 Å². The predicted molar refractivity (Wildman–Crippen MR) is 90.1 cm³/mol. The first-order chi connectivity index (χ1) is 12.2. The zero-order valence-corrected chi connectivity index (χ0v) is 14.1. The van der Waals surface area contributed by atoms with Crippen LogP contribution in [0.4, 0.5) is 6.01 Å². The van der Waals surface area contributed by atoms with E-state index >= 15 is 0 Å². The highest BCUT2D eigenvalue weighted by molar-refractivity contribution is 5.34. The Morgan fingerprint density at radius 1 is 1.28 bits per heavy atom. The SMILES string of the molecule is Nc1nnc([C@@]23COC[C@@H]2CN(Cc2ccccc2OC2CC2)C3)o1. The number of benzene rings is 1. The van der Waals surface area contributed by atoms with Gasteiger partial charge < -0.3 is 19.6 Å². The maximum absolute atomic E-state index is 6.07. The van der Waals surface area contributed by atoms with Crippen LogP contribution in [-0.4, -0.2) is 47.5 Å². The molecule has 1 saturated carbocycles. The molecule has 0 amide bonds. The van der Waals surface area contributed by atoms with Gasteiger partial charge in [0.1, 0.15) is 5.75 Å². The molecule has 2 aromatic rings. The second-order valence-electron chi connectivity index (χ2n) is 7.41. The largest absolute Gasteiger partial charge is 0.490 e. The average Bonchev–Trinajstić information content (AvgIpc) is 3.00. The smallest absolute Gasteiger partial charge is 0.312 e. The molecule has 7 nitrogen and oxygen atoms in total. The van der Waals surface area contributed by atoms with Crippen LogP contribution in [-0.2, 0) is 16.7 Å². The van der Waals surface area contributed by atoms with Crippen LogP contribution in [0.1, 0.15) is 24.3 Å². The highest BCUT2D eigenvalue weighted by Gasteiger charge is 2.55. The molecule has 7 heteroatoms. The molecule has 3 heterocycles. The summed E-state index contributed by atoms with van der Waals surface area (Å²) in [5.74, 6) is 1.97. The monoisotopic (exact) mass is 342 g/mol. The van der Waals surface area contributed by atoms with Crippen molar-refractivity contribution in [3.63, 3.8) is 0 Å². The van der Waals surface area contributed by atoms with Crippen LogP contribution in [0.2, 0.25) is 0 Å². The van der Waals surface area contributed by atoms with Crippen LogP contribution in [0.25, 0.3) is 0 Å². The van der Waals surface area contributed by atoms with E-state index in [1.54, 1.807) is 0 Å². The van der Waals surface area contributed by atoms with Gasteiger partial charge in [0.15, 0.2) is 0 Å². The van der Waals surface area contributed by atoms with E-state index in [-0.39, 0.29) is 11.4 Å². The lowest BCUT2D eigenvalue weighted by molar-refractivity contribution is 0.140. The molecular weight excluding hydrogens is 320 g/mol. The molecule has 3 fully saturated rings. The number of anilines is 1. The van der Waals surface area contributed by atoms with Crippen molar-refractivity contribution in [2.75, 3.05) is 32.0 Å². The molecule has 5 rings (SSSR count). The van der Waals surface area contributed by atoms with Crippen molar-refractivity contribution in [2.24, 2.45) is 5.92 Å². The molecule has 132 valence electrons. The maximum atomic E-state index is 6.07. The van der Waals surface area contributed by atoms with Crippen molar-refractivity contribution in [1.82, 2.24) is 15.1 Å². The van der Waals surface area contributed by atoms with E-state index in [2.05, 4.69) is 33.3 Å². The van der Waals surface area contributed by atoms with Gasteiger partial charge in [-0.1, -0.05) is 23.3 Å². The number of fused-ring (bicyclic) bond motifs is 1. The highest BCUT2D eigenvalue weighted by Crippen LogP contribution is 2.44. The number of nitrogens with zero attached hydrogens (tertiary/aromatic N) is 3. The Bertz CT molecular complexity index is 775. The van der Waals surface area contributed by atoms with E-state index in [1.807, 2.05) is 6.07 Å². The summed E-state index contributed by atoms with van der Waals surface area (Å²) in [5, 5.41) is 8.01. The second-order valence-corrected chi connectivity index (χ2v) is 7.41. The van der Waals surface area contributed by atoms with E-state index in [0.29, 0.717) is 24.5 Å². The van der Waals surface area contributed by atoms with Crippen LogP contribution >= 0.6 is 0 Å². The number of rotatable bonds is 5. The lowest BCUT2D eigenvalue weighted by atomic mass is 9.81. The van der Waals surface area contributed by atoms with Gasteiger partial charge in [0, 0.05) is 31.1 Å². The number of likely N-dealkylation sites (tertiary alicyclic amines) is 1. The number of aromatic nitrogens is 2. The summed E-state index contributed by atoms with van der Waals surface area (Å²) in [4.78, 5) is 2.43. The summed E-state index contributed by atoms with van der Waals surface area (Å²) in [5.41, 5.74) is 6.64. The van der Waals surface area contributed by atoms with Crippen LogP contribution in [0.5, 0.6) is 5.75 Å². The van der Waals surface area contributed by atoms with Gasteiger partial charge in [-0.2, -0.15) is 0 Å². The van der Waals surface area contributed by atoms with E-state index in [9.17, 15) is 0 Å². The number of nitrogens with two attached hydrogens (primary N) is 1. The Labute approximate surface area is 146 Å². The molecule has 1 aromatic heterocycles. The van der Waals surface area contributed by atoms with Gasteiger partial charge in [-0.15, -0.1) is 5.10 Å². The molecule has 3 aliphatic rings. The van der Waals surface area contributed by atoms with Crippen molar-refractivity contribution < 1.29 is 13.9 Å². The standard InChI is InChI=1S/C18H22N4O3/c19-17-21-20-16(25-17)18-10-22(8-13(18)9-23-11-18)7-12-3-1-2-4-15(12)24-14-5-6-14/h1-4,13-14H,5-11H2,(H2,19,21)/t13-,18-/m0/s1. The summed E-state index contributed by atoms with van der Waals surface area (Å²) in [6.07, 6.45) is 2.73. The van der Waals surface area contributed by atoms with Crippen molar-refractivity contribution >= 4 is 6.01 Å². The highest BCUT2D eigenvalue weighted by atomic mass is 16.5. The van der Waals surface area contributed by atoms with Gasteiger partial charge in [0.2, 0.25) is 5.89 Å². The molecule has 0 bridgehead atoms. The summed E-state index contributed by atoms with van der Waals surface area (Å²) in [7, 11) is 0. The number of para-hydroxylation sites is 1. The lowest BCUT2D eigenvalue weighted by Gasteiger charge is -2.23. The van der Waals surface area contributed by atoms with E-state index in [1.165, 1.54) is 18.4 Å². The Morgan fingerprint density at radius 2 is 2.16 bits per heavy atom. The fourth-order valence-electron chi connectivity index (χ4n) is 4.05. The summed E-state index contributed by atoms with van der Waals surface area (Å²) < 4.78 is 17.4. The Hall–Kier alpha value is -2.12. The predicted octanol–water partition coefficient (Wildman–Crippen LogP) is 1.59. The molecule has 0 radical (unpaired) electrons. The van der Waals surface area contributed by atoms with Gasteiger partial charge in [-0.05, 0) is 18.9 Å². The fourth-order valence-corrected chi connectivity index (χ4v) is 4.05. The first-order valence-corrected chi connectivity index (χ1v) is 8.87. The van der Waals surface area contributed by atoms with E-state index < -0.39 is 0 Å². The summed E-state index contributed by atoms with van der Waals surface area (Å²) >= 11 is 0. The average molecular weight is 342 g/mol. The lowest BCUT2D eigenvalue weighted by Crippen LogP contribution is -2.35. The van der Waals surface area contributed by atoms with Gasteiger partial charge >= 0.3 is 6.01 Å². The minimum Gasteiger partial charge on any atom is -0.490 e. The summed E-state index contributed by atoms with van der Waals surface area (Å²) in [6.45, 7) is 3.96.